The van der Waals surface area contributed by atoms with Crippen LogP contribution in [0.5, 0.6) is 11.5 Å². The van der Waals surface area contributed by atoms with Crippen molar-refractivity contribution in [3.8, 4) is 11.5 Å². The number of esters is 1. The maximum absolute atomic E-state index is 12.4. The molecule has 0 radical (unpaired) electrons. The molecule has 0 aliphatic carbocycles. The zero-order chi connectivity index (χ0) is 19.3. The summed E-state index contributed by atoms with van der Waals surface area (Å²) in [5.74, 6) is -0.554. The van der Waals surface area contributed by atoms with Crippen molar-refractivity contribution in [3.63, 3.8) is 0 Å². The van der Waals surface area contributed by atoms with Crippen LogP contribution in [-0.4, -0.2) is 30.1 Å². The molecule has 136 valence electrons. The standard InChI is InChI=1S/C21H22O5/c1-13-5-8-17(11-14(13)2)21(24)15(3)26-20(23)10-7-16-6-9-18(22)19(12-16)25-4/h5-12,15,22H,1-4H3/b10-7+/t15-/m0/s1. The van der Waals surface area contributed by atoms with Gasteiger partial charge in [-0.05, 0) is 61.7 Å². The molecule has 0 saturated heterocycles. The molecule has 0 heterocycles. The van der Waals surface area contributed by atoms with Crippen LogP contribution in [0.25, 0.3) is 6.08 Å². The maximum atomic E-state index is 12.4. The zero-order valence-corrected chi connectivity index (χ0v) is 15.3. The Morgan fingerprint density at radius 2 is 1.81 bits per heavy atom. The highest BCUT2D eigenvalue weighted by molar-refractivity contribution is 6.01. The minimum atomic E-state index is -0.886. The number of ketones is 1. The molecular formula is C21H22O5. The van der Waals surface area contributed by atoms with Crippen molar-refractivity contribution in [3.05, 3.63) is 64.7 Å². The van der Waals surface area contributed by atoms with E-state index in [1.807, 2.05) is 19.9 Å². The fourth-order valence-electron chi connectivity index (χ4n) is 2.36. The lowest BCUT2D eigenvalue weighted by Crippen LogP contribution is -2.23. The fourth-order valence-corrected chi connectivity index (χ4v) is 2.36. The van der Waals surface area contributed by atoms with E-state index in [4.69, 9.17) is 9.47 Å². The molecule has 0 fully saturated rings. The maximum Gasteiger partial charge on any atom is 0.331 e. The lowest BCUT2D eigenvalue weighted by Gasteiger charge is -2.12. The molecule has 0 spiro atoms. The van der Waals surface area contributed by atoms with Crippen LogP contribution in [0.4, 0.5) is 0 Å². The third-order valence-electron chi connectivity index (χ3n) is 4.07. The monoisotopic (exact) mass is 354 g/mol. The van der Waals surface area contributed by atoms with E-state index in [1.54, 1.807) is 31.2 Å². The van der Waals surface area contributed by atoms with Gasteiger partial charge in [0.15, 0.2) is 17.6 Å². The Morgan fingerprint density at radius 3 is 2.46 bits per heavy atom. The number of phenolic OH excluding ortho intramolecular Hbond substituents is 1. The Morgan fingerprint density at radius 1 is 1.08 bits per heavy atom. The summed E-state index contributed by atoms with van der Waals surface area (Å²) < 4.78 is 10.2. The van der Waals surface area contributed by atoms with Crippen LogP contribution >= 0.6 is 0 Å². The Bertz CT molecular complexity index is 851. The molecule has 26 heavy (non-hydrogen) atoms. The van der Waals surface area contributed by atoms with Gasteiger partial charge in [0.1, 0.15) is 0 Å². The van der Waals surface area contributed by atoms with E-state index in [0.717, 1.165) is 11.1 Å². The average molecular weight is 354 g/mol. The molecular weight excluding hydrogens is 332 g/mol. The first kappa shape index (κ1) is 19.2. The van der Waals surface area contributed by atoms with Gasteiger partial charge in [-0.25, -0.2) is 4.79 Å². The highest BCUT2D eigenvalue weighted by atomic mass is 16.5. The van der Waals surface area contributed by atoms with Crippen molar-refractivity contribution in [2.24, 2.45) is 0 Å². The number of aromatic hydroxyl groups is 1. The molecule has 0 saturated carbocycles. The molecule has 0 aliphatic rings. The molecule has 2 aromatic rings. The Kier molecular flexibility index (Phi) is 6.17. The molecule has 5 nitrogen and oxygen atoms in total. The first-order chi connectivity index (χ1) is 12.3. The van der Waals surface area contributed by atoms with Crippen LogP contribution < -0.4 is 4.74 Å². The van der Waals surface area contributed by atoms with Crippen molar-refractivity contribution in [1.29, 1.82) is 0 Å². The van der Waals surface area contributed by atoms with Crippen LogP contribution in [0, 0.1) is 13.8 Å². The Labute approximate surface area is 152 Å². The predicted octanol–water partition coefficient (Wildman–Crippen LogP) is 3.85. The first-order valence-corrected chi connectivity index (χ1v) is 8.19. The fraction of sp³-hybridized carbons (Fsp3) is 0.238. The average Bonchev–Trinajstić information content (AvgIpc) is 2.62. The highest BCUT2D eigenvalue weighted by Crippen LogP contribution is 2.26. The second-order valence-electron chi connectivity index (χ2n) is 6.01. The summed E-state index contributed by atoms with van der Waals surface area (Å²) in [6.07, 6.45) is 1.87. The number of rotatable bonds is 6. The Hall–Kier alpha value is -3.08. The number of hydrogen-bond donors (Lipinski definition) is 1. The molecule has 1 N–H and O–H groups in total. The summed E-state index contributed by atoms with van der Waals surface area (Å²) in [6.45, 7) is 5.44. The van der Waals surface area contributed by atoms with Crippen LogP contribution in [0.15, 0.2) is 42.5 Å². The highest BCUT2D eigenvalue weighted by Gasteiger charge is 2.18. The van der Waals surface area contributed by atoms with Crippen molar-refractivity contribution in [1.82, 2.24) is 0 Å². The number of carbonyl (C=O) groups is 2. The van der Waals surface area contributed by atoms with Gasteiger partial charge in [-0.1, -0.05) is 18.2 Å². The van der Waals surface area contributed by atoms with Crippen LogP contribution in [0.1, 0.15) is 34.0 Å². The van der Waals surface area contributed by atoms with Crippen LogP contribution in [0.2, 0.25) is 0 Å². The van der Waals surface area contributed by atoms with E-state index in [9.17, 15) is 14.7 Å². The summed E-state index contributed by atoms with van der Waals surface area (Å²) >= 11 is 0. The van der Waals surface area contributed by atoms with Gasteiger partial charge < -0.3 is 14.6 Å². The largest absolute Gasteiger partial charge is 0.504 e. The van der Waals surface area contributed by atoms with Crippen LogP contribution in [-0.2, 0) is 9.53 Å². The van der Waals surface area contributed by atoms with Gasteiger partial charge in [-0.3, -0.25) is 4.79 Å². The molecule has 0 unspecified atom stereocenters. The second-order valence-corrected chi connectivity index (χ2v) is 6.01. The number of methoxy groups -OCH3 is 1. The molecule has 5 heteroatoms. The third-order valence-corrected chi connectivity index (χ3v) is 4.07. The molecule has 0 bridgehead atoms. The van der Waals surface area contributed by atoms with Crippen molar-refractivity contribution < 1.29 is 24.2 Å². The van der Waals surface area contributed by atoms with Gasteiger partial charge >= 0.3 is 5.97 Å². The number of benzene rings is 2. The van der Waals surface area contributed by atoms with E-state index in [1.165, 1.54) is 25.3 Å². The van der Waals surface area contributed by atoms with Gasteiger partial charge in [-0.15, -0.1) is 0 Å². The number of aryl methyl sites for hydroxylation is 2. The number of Topliss-reactive ketones (excluding diaryl/α,β-unsaturated/α-hetero) is 1. The quantitative estimate of drug-likeness (QED) is 0.485. The van der Waals surface area contributed by atoms with E-state index in [-0.39, 0.29) is 11.5 Å². The molecule has 2 aromatic carbocycles. The third kappa shape index (κ3) is 4.72. The van der Waals surface area contributed by atoms with Gasteiger partial charge in [0.2, 0.25) is 5.78 Å². The van der Waals surface area contributed by atoms with Gasteiger partial charge in [-0.2, -0.15) is 0 Å². The molecule has 0 aliphatic heterocycles. The second kappa shape index (κ2) is 8.34. The summed E-state index contributed by atoms with van der Waals surface area (Å²) in [5.41, 5.74) is 3.28. The molecule has 0 amide bonds. The van der Waals surface area contributed by atoms with Gasteiger partial charge in [0.25, 0.3) is 0 Å². The molecule has 0 aromatic heterocycles. The lowest BCUT2D eigenvalue weighted by atomic mass is 10.0. The topological polar surface area (TPSA) is 72.8 Å². The van der Waals surface area contributed by atoms with E-state index < -0.39 is 12.1 Å². The number of ether oxygens (including phenoxy) is 2. The smallest absolute Gasteiger partial charge is 0.331 e. The van der Waals surface area contributed by atoms with E-state index >= 15 is 0 Å². The zero-order valence-electron chi connectivity index (χ0n) is 15.3. The molecule has 2 rings (SSSR count). The summed E-state index contributed by atoms with van der Waals surface area (Å²) in [7, 11) is 1.44. The van der Waals surface area contributed by atoms with Gasteiger partial charge in [0, 0.05) is 11.6 Å². The predicted molar refractivity (Wildman–Crippen MR) is 99.5 cm³/mol. The normalized spacial score (nSPS) is 12.0. The van der Waals surface area contributed by atoms with Crippen molar-refractivity contribution in [2.75, 3.05) is 7.11 Å². The first-order valence-electron chi connectivity index (χ1n) is 8.19. The summed E-state index contributed by atoms with van der Waals surface area (Å²) in [5, 5.41) is 9.56. The van der Waals surface area contributed by atoms with E-state index in [2.05, 4.69) is 0 Å². The Balaban J connectivity index is 2.02. The summed E-state index contributed by atoms with van der Waals surface area (Å²) in [6, 6.07) is 10.1. The van der Waals surface area contributed by atoms with Crippen molar-refractivity contribution in [2.45, 2.75) is 26.9 Å². The molecule has 1 atom stereocenters. The minimum absolute atomic E-state index is 0.0137. The van der Waals surface area contributed by atoms with E-state index in [0.29, 0.717) is 16.9 Å². The minimum Gasteiger partial charge on any atom is -0.504 e. The lowest BCUT2D eigenvalue weighted by molar-refractivity contribution is -0.140. The van der Waals surface area contributed by atoms with Crippen molar-refractivity contribution >= 4 is 17.8 Å². The summed E-state index contributed by atoms with van der Waals surface area (Å²) in [4.78, 5) is 24.4. The van der Waals surface area contributed by atoms with Gasteiger partial charge in [0.05, 0.1) is 7.11 Å². The number of carbonyl (C=O) groups excluding carboxylic acids is 2. The van der Waals surface area contributed by atoms with Crippen LogP contribution in [0.3, 0.4) is 0 Å². The number of hydrogen-bond acceptors (Lipinski definition) is 5. The SMILES string of the molecule is COc1cc(/C=C/C(=O)O[C@@H](C)C(=O)c2ccc(C)c(C)c2)ccc1O. The number of phenols is 1.